The van der Waals surface area contributed by atoms with E-state index in [0.29, 0.717) is 11.3 Å². The number of nitrogens with one attached hydrogen (secondary N) is 1. The first-order valence-electron chi connectivity index (χ1n) is 7.24. The van der Waals surface area contributed by atoms with E-state index in [1.807, 2.05) is 49.3 Å². The van der Waals surface area contributed by atoms with Crippen LogP contribution in [0.3, 0.4) is 0 Å². The number of carbonyl (C=O) groups excluding carboxylic acids is 1. The summed E-state index contributed by atoms with van der Waals surface area (Å²) in [5.41, 5.74) is 2.21. The monoisotopic (exact) mass is 309 g/mol. The zero-order chi connectivity index (χ0) is 16.7. The third-order valence-corrected chi connectivity index (χ3v) is 3.14. The second kappa shape index (κ2) is 7.97. The van der Waals surface area contributed by atoms with Crippen molar-refractivity contribution in [3.05, 3.63) is 59.7 Å². The number of benzene rings is 2. The van der Waals surface area contributed by atoms with E-state index < -0.39 is 0 Å². The standard InChI is InChI=1S/C18H19N3O2/c1-21(2)12-15-8-3-5-9-16(15)20-18(22)13-23-17-10-6-4-7-14(17)11-19/h3-10H,12-13H2,1-2H3,(H,20,22). The van der Waals surface area contributed by atoms with Crippen LogP contribution in [0.1, 0.15) is 11.1 Å². The number of carbonyl (C=O) groups is 1. The molecule has 0 spiro atoms. The molecule has 0 unspecified atom stereocenters. The molecule has 2 aromatic carbocycles. The van der Waals surface area contributed by atoms with Gasteiger partial charge >= 0.3 is 0 Å². The fourth-order valence-corrected chi connectivity index (χ4v) is 2.14. The van der Waals surface area contributed by atoms with Crippen molar-refractivity contribution in [2.45, 2.75) is 6.54 Å². The molecule has 118 valence electrons. The molecular weight excluding hydrogens is 290 g/mol. The van der Waals surface area contributed by atoms with Crippen molar-refractivity contribution >= 4 is 11.6 Å². The van der Waals surface area contributed by atoms with Gasteiger partial charge in [-0.2, -0.15) is 5.26 Å². The van der Waals surface area contributed by atoms with Crippen molar-refractivity contribution in [1.82, 2.24) is 4.90 Å². The number of ether oxygens (including phenoxy) is 1. The first-order chi connectivity index (χ1) is 11.1. The van der Waals surface area contributed by atoms with Crippen LogP contribution in [-0.2, 0) is 11.3 Å². The summed E-state index contributed by atoms with van der Waals surface area (Å²) in [4.78, 5) is 14.1. The SMILES string of the molecule is CN(C)Cc1ccccc1NC(=O)COc1ccccc1C#N. The highest BCUT2D eigenvalue weighted by Crippen LogP contribution is 2.18. The van der Waals surface area contributed by atoms with Gasteiger partial charge in [0.05, 0.1) is 5.56 Å². The summed E-state index contributed by atoms with van der Waals surface area (Å²) >= 11 is 0. The van der Waals surface area contributed by atoms with E-state index in [0.717, 1.165) is 17.8 Å². The van der Waals surface area contributed by atoms with E-state index >= 15 is 0 Å². The molecule has 2 rings (SSSR count). The van der Waals surface area contributed by atoms with E-state index in [2.05, 4.69) is 5.32 Å². The van der Waals surface area contributed by atoms with Crippen LogP contribution in [0.5, 0.6) is 5.75 Å². The molecule has 0 aliphatic heterocycles. The molecule has 0 atom stereocenters. The molecule has 0 heterocycles. The summed E-state index contributed by atoms with van der Waals surface area (Å²) in [6, 6.07) is 16.5. The number of nitrogens with zero attached hydrogens (tertiary/aromatic N) is 2. The lowest BCUT2D eigenvalue weighted by molar-refractivity contribution is -0.118. The van der Waals surface area contributed by atoms with Gasteiger partial charge in [-0.05, 0) is 37.9 Å². The van der Waals surface area contributed by atoms with E-state index in [9.17, 15) is 4.79 Å². The van der Waals surface area contributed by atoms with Crippen LogP contribution >= 0.6 is 0 Å². The fraction of sp³-hybridized carbons (Fsp3) is 0.222. The predicted octanol–water partition coefficient (Wildman–Crippen LogP) is 2.64. The second-order valence-electron chi connectivity index (χ2n) is 5.34. The van der Waals surface area contributed by atoms with Gasteiger partial charge in [-0.15, -0.1) is 0 Å². The van der Waals surface area contributed by atoms with Gasteiger partial charge in [0.2, 0.25) is 0 Å². The van der Waals surface area contributed by atoms with Gasteiger partial charge in [0.25, 0.3) is 5.91 Å². The Morgan fingerprint density at radius 1 is 1.17 bits per heavy atom. The van der Waals surface area contributed by atoms with Gasteiger partial charge in [0.15, 0.2) is 6.61 Å². The molecule has 5 nitrogen and oxygen atoms in total. The predicted molar refractivity (Wildman–Crippen MR) is 89.1 cm³/mol. The van der Waals surface area contributed by atoms with E-state index in [1.54, 1.807) is 24.3 Å². The molecule has 0 aliphatic carbocycles. The fourth-order valence-electron chi connectivity index (χ4n) is 2.14. The second-order valence-corrected chi connectivity index (χ2v) is 5.34. The summed E-state index contributed by atoms with van der Waals surface area (Å²) < 4.78 is 5.44. The number of anilines is 1. The topological polar surface area (TPSA) is 65.4 Å². The summed E-state index contributed by atoms with van der Waals surface area (Å²) in [5, 5.41) is 11.9. The van der Waals surface area contributed by atoms with Crippen molar-refractivity contribution in [2.75, 3.05) is 26.0 Å². The average Bonchev–Trinajstić information content (AvgIpc) is 2.54. The smallest absolute Gasteiger partial charge is 0.262 e. The highest BCUT2D eigenvalue weighted by molar-refractivity contribution is 5.92. The highest BCUT2D eigenvalue weighted by atomic mass is 16.5. The molecule has 0 aliphatic rings. The van der Waals surface area contributed by atoms with Gasteiger partial charge in [0.1, 0.15) is 11.8 Å². The maximum Gasteiger partial charge on any atom is 0.262 e. The Hall–Kier alpha value is -2.84. The molecule has 2 aromatic rings. The molecule has 0 aromatic heterocycles. The Morgan fingerprint density at radius 2 is 1.87 bits per heavy atom. The molecule has 0 saturated heterocycles. The number of hydrogen-bond acceptors (Lipinski definition) is 4. The van der Waals surface area contributed by atoms with Crippen LogP contribution in [0, 0.1) is 11.3 Å². The summed E-state index contributed by atoms with van der Waals surface area (Å²) in [6.07, 6.45) is 0. The van der Waals surface area contributed by atoms with Crippen LogP contribution in [0.2, 0.25) is 0 Å². The largest absolute Gasteiger partial charge is 0.482 e. The average molecular weight is 309 g/mol. The normalized spacial score (nSPS) is 10.2. The molecule has 0 bridgehead atoms. The maximum atomic E-state index is 12.1. The van der Waals surface area contributed by atoms with Crippen LogP contribution in [0.4, 0.5) is 5.69 Å². The minimum atomic E-state index is -0.260. The summed E-state index contributed by atoms with van der Waals surface area (Å²) in [5.74, 6) is 0.149. The Kier molecular flexibility index (Phi) is 5.73. The summed E-state index contributed by atoms with van der Waals surface area (Å²) in [7, 11) is 3.95. The first-order valence-corrected chi connectivity index (χ1v) is 7.24. The Bertz CT molecular complexity index is 720. The van der Waals surface area contributed by atoms with Crippen molar-refractivity contribution in [2.24, 2.45) is 0 Å². The number of nitriles is 1. The Labute approximate surface area is 136 Å². The van der Waals surface area contributed by atoms with E-state index in [-0.39, 0.29) is 12.5 Å². The van der Waals surface area contributed by atoms with Crippen molar-refractivity contribution < 1.29 is 9.53 Å². The minimum Gasteiger partial charge on any atom is -0.482 e. The van der Waals surface area contributed by atoms with E-state index in [4.69, 9.17) is 10.00 Å². The number of rotatable bonds is 6. The highest BCUT2D eigenvalue weighted by Gasteiger charge is 2.09. The number of amides is 1. The Balaban J connectivity index is 1.99. The lowest BCUT2D eigenvalue weighted by Crippen LogP contribution is -2.22. The van der Waals surface area contributed by atoms with Crippen LogP contribution < -0.4 is 10.1 Å². The zero-order valence-corrected chi connectivity index (χ0v) is 13.2. The van der Waals surface area contributed by atoms with E-state index in [1.165, 1.54) is 0 Å². The van der Waals surface area contributed by atoms with Gasteiger partial charge in [-0.25, -0.2) is 0 Å². The van der Waals surface area contributed by atoms with Crippen molar-refractivity contribution in [1.29, 1.82) is 5.26 Å². The first kappa shape index (κ1) is 16.5. The molecule has 0 radical (unpaired) electrons. The molecule has 1 amide bonds. The van der Waals surface area contributed by atoms with Crippen LogP contribution in [0.15, 0.2) is 48.5 Å². The zero-order valence-electron chi connectivity index (χ0n) is 13.2. The third-order valence-electron chi connectivity index (χ3n) is 3.14. The molecule has 0 fully saturated rings. The molecule has 1 N–H and O–H groups in total. The number of hydrogen-bond donors (Lipinski definition) is 1. The molecular formula is C18H19N3O2. The molecule has 0 saturated carbocycles. The quantitative estimate of drug-likeness (QED) is 0.891. The Morgan fingerprint density at radius 3 is 2.61 bits per heavy atom. The third kappa shape index (κ3) is 4.83. The maximum absolute atomic E-state index is 12.1. The summed E-state index contributed by atoms with van der Waals surface area (Å²) in [6.45, 7) is 0.587. The van der Waals surface area contributed by atoms with Gasteiger partial charge < -0.3 is 15.0 Å². The van der Waals surface area contributed by atoms with Gasteiger partial charge in [-0.1, -0.05) is 30.3 Å². The van der Waals surface area contributed by atoms with Crippen molar-refractivity contribution in [3.63, 3.8) is 0 Å². The minimum absolute atomic E-state index is 0.144. The van der Waals surface area contributed by atoms with Crippen molar-refractivity contribution in [3.8, 4) is 11.8 Å². The lowest BCUT2D eigenvalue weighted by Gasteiger charge is -2.15. The molecule has 5 heteroatoms. The number of para-hydroxylation sites is 2. The van der Waals surface area contributed by atoms with Gasteiger partial charge in [0, 0.05) is 12.2 Å². The lowest BCUT2D eigenvalue weighted by atomic mass is 10.1. The van der Waals surface area contributed by atoms with Crippen LogP contribution in [0.25, 0.3) is 0 Å². The van der Waals surface area contributed by atoms with Crippen LogP contribution in [-0.4, -0.2) is 31.5 Å². The molecule has 23 heavy (non-hydrogen) atoms. The van der Waals surface area contributed by atoms with Gasteiger partial charge in [-0.3, -0.25) is 4.79 Å².